The molecule has 0 aliphatic carbocycles. The molecule has 0 aromatic carbocycles. The van der Waals surface area contributed by atoms with Crippen molar-refractivity contribution >= 4 is 33.5 Å². The lowest BCUT2D eigenvalue weighted by Crippen LogP contribution is -2.15. The van der Waals surface area contributed by atoms with Gasteiger partial charge >= 0.3 is 0 Å². The zero-order valence-electron chi connectivity index (χ0n) is 9.37. The first kappa shape index (κ1) is 12.2. The fourth-order valence-electron chi connectivity index (χ4n) is 1.74. The first-order valence-electron chi connectivity index (χ1n) is 5.67. The highest BCUT2D eigenvalue weighted by atomic mass is 79.9. The van der Waals surface area contributed by atoms with Gasteiger partial charge in [-0.05, 0) is 34.5 Å². The number of rotatable bonds is 4. The molecule has 3 nitrogen and oxygen atoms in total. The van der Waals surface area contributed by atoms with Crippen molar-refractivity contribution in [2.24, 2.45) is 0 Å². The van der Waals surface area contributed by atoms with Crippen LogP contribution in [-0.2, 0) is 6.42 Å². The van der Waals surface area contributed by atoms with Crippen LogP contribution in [0.2, 0.25) is 0 Å². The summed E-state index contributed by atoms with van der Waals surface area (Å²) in [6.45, 7) is 3.08. The molecule has 1 atom stereocenters. The number of nitrogens with zero attached hydrogens (tertiary/aromatic N) is 2. The summed E-state index contributed by atoms with van der Waals surface area (Å²) in [4.78, 5) is 8.74. The standard InChI is InChI=1S/C11H16BrN3S/c1-2-10-14-9(12)6-11(15-10)13-7-8-4-3-5-16-8/h6,8H,2-5,7H2,1H3,(H,13,14,15). The van der Waals surface area contributed by atoms with E-state index in [-0.39, 0.29) is 0 Å². The van der Waals surface area contributed by atoms with E-state index in [9.17, 15) is 0 Å². The zero-order chi connectivity index (χ0) is 11.4. The minimum Gasteiger partial charge on any atom is -0.369 e. The fourth-order valence-corrected chi connectivity index (χ4v) is 3.36. The molecular formula is C11H16BrN3S. The van der Waals surface area contributed by atoms with Crippen molar-refractivity contribution < 1.29 is 0 Å². The van der Waals surface area contributed by atoms with E-state index in [4.69, 9.17) is 0 Å². The summed E-state index contributed by atoms with van der Waals surface area (Å²) in [6.07, 6.45) is 3.54. The third-order valence-electron chi connectivity index (χ3n) is 2.59. The van der Waals surface area contributed by atoms with Crippen LogP contribution in [0.25, 0.3) is 0 Å². The Morgan fingerprint density at radius 2 is 2.44 bits per heavy atom. The fraction of sp³-hybridized carbons (Fsp3) is 0.636. The molecule has 2 heterocycles. The summed E-state index contributed by atoms with van der Waals surface area (Å²) in [7, 11) is 0. The quantitative estimate of drug-likeness (QED) is 0.867. The van der Waals surface area contributed by atoms with Gasteiger partial charge in [0.25, 0.3) is 0 Å². The van der Waals surface area contributed by atoms with Crippen molar-refractivity contribution in [2.75, 3.05) is 17.6 Å². The smallest absolute Gasteiger partial charge is 0.131 e. The minimum absolute atomic E-state index is 0.749. The molecule has 1 saturated heterocycles. The Hall–Kier alpha value is -0.290. The molecule has 0 saturated carbocycles. The van der Waals surface area contributed by atoms with Gasteiger partial charge in [0.1, 0.15) is 16.2 Å². The van der Waals surface area contributed by atoms with E-state index in [0.29, 0.717) is 0 Å². The van der Waals surface area contributed by atoms with Gasteiger partial charge in [-0.1, -0.05) is 6.92 Å². The van der Waals surface area contributed by atoms with Crippen LogP contribution in [0.15, 0.2) is 10.7 Å². The molecule has 0 amide bonds. The van der Waals surface area contributed by atoms with Crippen LogP contribution >= 0.6 is 27.7 Å². The molecule has 16 heavy (non-hydrogen) atoms. The molecule has 2 rings (SSSR count). The van der Waals surface area contributed by atoms with Gasteiger partial charge in [-0.15, -0.1) is 0 Å². The molecule has 1 N–H and O–H groups in total. The summed E-state index contributed by atoms with van der Waals surface area (Å²) in [6, 6.07) is 1.94. The van der Waals surface area contributed by atoms with E-state index in [2.05, 4.69) is 49.9 Å². The first-order valence-corrected chi connectivity index (χ1v) is 7.51. The van der Waals surface area contributed by atoms with Gasteiger partial charge in [0.2, 0.25) is 0 Å². The van der Waals surface area contributed by atoms with Crippen LogP contribution in [-0.4, -0.2) is 27.5 Å². The molecule has 1 aromatic heterocycles. The highest BCUT2D eigenvalue weighted by molar-refractivity contribution is 9.10. The van der Waals surface area contributed by atoms with Crippen LogP contribution in [0.3, 0.4) is 0 Å². The lowest BCUT2D eigenvalue weighted by atomic mass is 10.2. The number of hydrogen-bond acceptors (Lipinski definition) is 4. The van der Waals surface area contributed by atoms with Gasteiger partial charge in [0.05, 0.1) is 0 Å². The average molecular weight is 302 g/mol. The number of halogens is 1. The first-order chi connectivity index (χ1) is 7.78. The monoisotopic (exact) mass is 301 g/mol. The maximum Gasteiger partial charge on any atom is 0.131 e. The van der Waals surface area contributed by atoms with E-state index >= 15 is 0 Å². The molecule has 1 aromatic rings. The predicted octanol–water partition coefficient (Wildman–Crippen LogP) is 3.11. The van der Waals surface area contributed by atoms with Crippen molar-refractivity contribution in [1.29, 1.82) is 0 Å². The Kier molecular flexibility index (Phi) is 4.46. The maximum atomic E-state index is 4.45. The molecule has 1 unspecified atom stereocenters. The van der Waals surface area contributed by atoms with Crippen LogP contribution in [0.4, 0.5) is 5.82 Å². The summed E-state index contributed by atoms with van der Waals surface area (Å²) in [5, 5.41) is 4.15. The summed E-state index contributed by atoms with van der Waals surface area (Å²) < 4.78 is 0.862. The number of nitrogens with one attached hydrogen (secondary N) is 1. The minimum atomic E-state index is 0.749. The van der Waals surface area contributed by atoms with Gasteiger partial charge in [0, 0.05) is 24.3 Å². The number of aromatic nitrogens is 2. The Morgan fingerprint density at radius 1 is 1.56 bits per heavy atom. The lowest BCUT2D eigenvalue weighted by molar-refractivity contribution is 0.801. The molecule has 5 heteroatoms. The Bertz CT molecular complexity index is 353. The van der Waals surface area contributed by atoms with Gasteiger partial charge in [-0.3, -0.25) is 0 Å². The molecule has 1 aliphatic rings. The highest BCUT2D eigenvalue weighted by Gasteiger charge is 2.15. The lowest BCUT2D eigenvalue weighted by Gasteiger charge is -2.11. The summed E-state index contributed by atoms with van der Waals surface area (Å²) >= 11 is 5.47. The van der Waals surface area contributed by atoms with Crippen molar-refractivity contribution in [3.05, 3.63) is 16.5 Å². The van der Waals surface area contributed by atoms with Crippen LogP contribution in [0.5, 0.6) is 0 Å². The molecule has 0 spiro atoms. The third-order valence-corrected chi connectivity index (χ3v) is 4.40. The van der Waals surface area contributed by atoms with Crippen LogP contribution < -0.4 is 5.32 Å². The maximum absolute atomic E-state index is 4.45. The Morgan fingerprint density at radius 3 is 3.12 bits per heavy atom. The van der Waals surface area contributed by atoms with Crippen molar-refractivity contribution in [3.8, 4) is 0 Å². The molecule has 0 radical (unpaired) electrons. The molecule has 1 aliphatic heterocycles. The second-order valence-electron chi connectivity index (χ2n) is 3.86. The van der Waals surface area contributed by atoms with Crippen LogP contribution in [0, 0.1) is 0 Å². The van der Waals surface area contributed by atoms with E-state index in [1.54, 1.807) is 0 Å². The van der Waals surface area contributed by atoms with E-state index in [1.165, 1.54) is 18.6 Å². The zero-order valence-corrected chi connectivity index (χ0v) is 11.8. The van der Waals surface area contributed by atoms with E-state index in [1.807, 2.05) is 6.07 Å². The van der Waals surface area contributed by atoms with Crippen molar-refractivity contribution in [3.63, 3.8) is 0 Å². The summed E-state index contributed by atoms with van der Waals surface area (Å²) in [5.74, 6) is 3.13. The number of anilines is 1. The Labute approximate surface area is 109 Å². The van der Waals surface area contributed by atoms with Gasteiger partial charge in [-0.2, -0.15) is 11.8 Å². The topological polar surface area (TPSA) is 37.8 Å². The normalized spacial score (nSPS) is 20.0. The Balaban J connectivity index is 1.94. The highest BCUT2D eigenvalue weighted by Crippen LogP contribution is 2.26. The largest absolute Gasteiger partial charge is 0.369 e. The number of hydrogen-bond donors (Lipinski definition) is 1. The van der Waals surface area contributed by atoms with E-state index in [0.717, 1.165) is 34.5 Å². The van der Waals surface area contributed by atoms with Gasteiger partial charge in [-0.25, -0.2) is 9.97 Å². The van der Waals surface area contributed by atoms with Crippen LogP contribution in [0.1, 0.15) is 25.6 Å². The third kappa shape index (κ3) is 3.35. The van der Waals surface area contributed by atoms with Crippen molar-refractivity contribution in [1.82, 2.24) is 9.97 Å². The molecular weight excluding hydrogens is 286 g/mol. The van der Waals surface area contributed by atoms with Crippen molar-refractivity contribution in [2.45, 2.75) is 31.4 Å². The van der Waals surface area contributed by atoms with Gasteiger partial charge in [0.15, 0.2) is 0 Å². The number of thioether (sulfide) groups is 1. The number of aryl methyl sites for hydroxylation is 1. The SMILES string of the molecule is CCc1nc(Br)cc(NCC2CCCS2)n1. The molecule has 1 fully saturated rings. The van der Waals surface area contributed by atoms with E-state index < -0.39 is 0 Å². The second-order valence-corrected chi connectivity index (χ2v) is 6.08. The molecule has 0 bridgehead atoms. The second kappa shape index (κ2) is 5.87. The predicted molar refractivity (Wildman–Crippen MR) is 73.1 cm³/mol. The molecule has 88 valence electrons. The average Bonchev–Trinajstić information content (AvgIpc) is 2.78. The van der Waals surface area contributed by atoms with Gasteiger partial charge < -0.3 is 5.32 Å². The summed E-state index contributed by atoms with van der Waals surface area (Å²) in [5.41, 5.74) is 0.